The summed E-state index contributed by atoms with van der Waals surface area (Å²) >= 11 is 1.25. The first-order valence-electron chi connectivity index (χ1n) is 8.92. The van der Waals surface area contributed by atoms with Gasteiger partial charge in [0.05, 0.1) is 23.0 Å². The molecular weight excluding hydrogens is 381 g/mol. The maximum Gasteiger partial charge on any atom is 0.234 e. The molecule has 0 radical (unpaired) electrons. The van der Waals surface area contributed by atoms with Gasteiger partial charge in [-0.25, -0.2) is 9.82 Å². The van der Waals surface area contributed by atoms with Crippen LogP contribution >= 0.6 is 11.8 Å². The number of hydrogen-bond donors (Lipinski definition) is 4. The number of nitrogens with zero attached hydrogens (tertiary/aromatic N) is 1. The van der Waals surface area contributed by atoms with Crippen molar-refractivity contribution in [2.75, 3.05) is 22.6 Å². The van der Waals surface area contributed by atoms with E-state index in [1.807, 2.05) is 35.3 Å². The fourth-order valence-electron chi connectivity index (χ4n) is 3.28. The van der Waals surface area contributed by atoms with E-state index >= 15 is 0 Å². The Bertz CT molecular complexity index is 868. The van der Waals surface area contributed by atoms with Gasteiger partial charge in [0.2, 0.25) is 11.8 Å². The number of halogens is 1. The second-order valence-corrected chi connectivity index (χ2v) is 7.61. The highest BCUT2D eigenvalue weighted by atomic mass is 32.2. The first-order chi connectivity index (χ1) is 13.6. The summed E-state index contributed by atoms with van der Waals surface area (Å²) in [4.78, 5) is 24.6. The summed E-state index contributed by atoms with van der Waals surface area (Å²) < 4.78 is 13.6. The second kappa shape index (κ2) is 8.17. The molecule has 2 heterocycles. The molecule has 2 fully saturated rings. The van der Waals surface area contributed by atoms with Crippen LogP contribution in [0.15, 0.2) is 54.6 Å². The minimum Gasteiger partial charge on any atom is -0.331 e. The molecule has 0 aromatic heterocycles. The maximum absolute atomic E-state index is 13.6. The van der Waals surface area contributed by atoms with Crippen LogP contribution in [0, 0.1) is 11.7 Å². The van der Waals surface area contributed by atoms with Gasteiger partial charge in [0.15, 0.2) is 0 Å². The number of anilines is 2. The predicted molar refractivity (Wildman–Crippen MR) is 107 cm³/mol. The van der Waals surface area contributed by atoms with Crippen molar-refractivity contribution in [2.24, 2.45) is 5.92 Å². The third-order valence-corrected chi connectivity index (χ3v) is 5.65. The third kappa shape index (κ3) is 3.96. The van der Waals surface area contributed by atoms with Gasteiger partial charge in [0, 0.05) is 6.54 Å². The van der Waals surface area contributed by atoms with Crippen molar-refractivity contribution < 1.29 is 14.0 Å². The number of carbonyl (C=O) groups is 2. The zero-order chi connectivity index (χ0) is 19.5. The van der Waals surface area contributed by atoms with Crippen LogP contribution in [0.5, 0.6) is 0 Å². The monoisotopic (exact) mass is 401 g/mol. The summed E-state index contributed by atoms with van der Waals surface area (Å²) in [6, 6.07) is 15.7. The SMILES string of the molecule is O=C(CSC1NC(=O)C2CNN(c3ccccc3)C2N1)Nc1ccccc1F. The molecule has 2 aliphatic heterocycles. The van der Waals surface area contributed by atoms with Crippen LogP contribution in [0.4, 0.5) is 15.8 Å². The highest BCUT2D eigenvalue weighted by molar-refractivity contribution is 8.00. The molecule has 0 aliphatic carbocycles. The molecule has 2 aliphatic rings. The van der Waals surface area contributed by atoms with E-state index in [2.05, 4.69) is 21.4 Å². The molecule has 146 valence electrons. The van der Waals surface area contributed by atoms with Gasteiger partial charge in [-0.05, 0) is 24.3 Å². The largest absolute Gasteiger partial charge is 0.331 e. The number of thioether (sulfide) groups is 1. The molecule has 0 saturated carbocycles. The quantitative estimate of drug-likeness (QED) is 0.607. The fourth-order valence-corrected chi connectivity index (χ4v) is 4.11. The van der Waals surface area contributed by atoms with Crippen LogP contribution in [-0.4, -0.2) is 35.8 Å². The number of amides is 2. The van der Waals surface area contributed by atoms with Crippen LogP contribution in [0.2, 0.25) is 0 Å². The summed E-state index contributed by atoms with van der Waals surface area (Å²) in [5.74, 6) is -1.05. The van der Waals surface area contributed by atoms with E-state index in [-0.39, 0.29) is 35.3 Å². The minimum atomic E-state index is -0.483. The lowest BCUT2D eigenvalue weighted by atomic mass is 10.1. The standard InChI is InChI=1S/C19H20FN5O2S/c20-14-8-4-5-9-15(14)22-16(26)11-28-19-23-17-13(18(27)24-19)10-21-25(17)12-6-2-1-3-7-12/h1-9,13,17,19,21,23H,10-11H2,(H,22,26)(H,24,27). The smallest absolute Gasteiger partial charge is 0.234 e. The molecule has 28 heavy (non-hydrogen) atoms. The average Bonchev–Trinajstić information content (AvgIpc) is 3.13. The van der Waals surface area contributed by atoms with Crippen molar-refractivity contribution >= 4 is 35.0 Å². The molecular formula is C19H20FN5O2S. The predicted octanol–water partition coefficient (Wildman–Crippen LogP) is 1.47. The summed E-state index contributed by atoms with van der Waals surface area (Å²) in [6.45, 7) is 0.531. The van der Waals surface area contributed by atoms with Gasteiger partial charge >= 0.3 is 0 Å². The van der Waals surface area contributed by atoms with Gasteiger partial charge < -0.3 is 10.6 Å². The number of benzene rings is 2. The lowest BCUT2D eigenvalue weighted by Gasteiger charge is -2.37. The van der Waals surface area contributed by atoms with Gasteiger partial charge in [0.1, 0.15) is 17.5 Å². The van der Waals surface area contributed by atoms with Crippen molar-refractivity contribution in [1.29, 1.82) is 0 Å². The second-order valence-electron chi connectivity index (χ2n) is 6.51. The molecule has 2 amide bonds. The Morgan fingerprint density at radius 1 is 1.18 bits per heavy atom. The molecule has 2 aromatic carbocycles. The van der Waals surface area contributed by atoms with E-state index in [9.17, 15) is 14.0 Å². The van der Waals surface area contributed by atoms with E-state index < -0.39 is 11.3 Å². The van der Waals surface area contributed by atoms with Gasteiger partial charge in [-0.3, -0.25) is 19.9 Å². The summed E-state index contributed by atoms with van der Waals surface area (Å²) in [7, 11) is 0. The van der Waals surface area contributed by atoms with Gasteiger partial charge in [-0.1, -0.05) is 30.3 Å². The number of fused-ring (bicyclic) bond motifs is 1. The lowest BCUT2D eigenvalue weighted by Crippen LogP contribution is -2.63. The summed E-state index contributed by atoms with van der Waals surface area (Å²) in [5, 5.41) is 10.7. The molecule has 7 nitrogen and oxygen atoms in total. The van der Waals surface area contributed by atoms with Crippen LogP contribution in [0.25, 0.3) is 0 Å². The van der Waals surface area contributed by atoms with Gasteiger partial charge in [-0.2, -0.15) is 0 Å². The normalized spacial score (nSPS) is 23.8. The number of nitrogens with one attached hydrogen (secondary N) is 4. The minimum absolute atomic E-state index is 0.0679. The highest BCUT2D eigenvalue weighted by Gasteiger charge is 2.44. The third-order valence-electron chi connectivity index (χ3n) is 4.64. The van der Waals surface area contributed by atoms with Crippen LogP contribution in [0.3, 0.4) is 0 Å². The number of carbonyl (C=O) groups excluding carboxylic acids is 2. The van der Waals surface area contributed by atoms with Crippen LogP contribution < -0.4 is 26.4 Å². The van der Waals surface area contributed by atoms with Crippen molar-refractivity contribution in [3.8, 4) is 0 Å². The first-order valence-corrected chi connectivity index (χ1v) is 9.97. The maximum atomic E-state index is 13.6. The van der Waals surface area contributed by atoms with E-state index in [1.165, 1.54) is 23.9 Å². The Balaban J connectivity index is 1.36. The van der Waals surface area contributed by atoms with E-state index in [0.29, 0.717) is 6.54 Å². The topological polar surface area (TPSA) is 85.5 Å². The molecule has 9 heteroatoms. The molecule has 2 aromatic rings. The van der Waals surface area contributed by atoms with E-state index in [4.69, 9.17) is 0 Å². The van der Waals surface area contributed by atoms with Crippen molar-refractivity contribution in [2.45, 2.75) is 11.7 Å². The van der Waals surface area contributed by atoms with Crippen LogP contribution in [-0.2, 0) is 9.59 Å². The van der Waals surface area contributed by atoms with Crippen molar-refractivity contribution in [1.82, 2.24) is 16.1 Å². The lowest BCUT2D eigenvalue weighted by molar-refractivity contribution is -0.127. The Morgan fingerprint density at radius 2 is 1.93 bits per heavy atom. The molecule has 2 saturated heterocycles. The summed E-state index contributed by atoms with van der Waals surface area (Å²) in [6.07, 6.45) is -0.219. The Labute approximate surface area is 166 Å². The van der Waals surface area contributed by atoms with E-state index in [0.717, 1.165) is 5.69 Å². The number of para-hydroxylation sites is 2. The Kier molecular flexibility index (Phi) is 5.47. The van der Waals surface area contributed by atoms with Crippen molar-refractivity contribution in [3.05, 3.63) is 60.4 Å². The first kappa shape index (κ1) is 18.7. The molecule has 4 N–H and O–H groups in total. The number of rotatable bonds is 5. The summed E-state index contributed by atoms with van der Waals surface area (Å²) in [5.41, 5.74) is 3.92. The Morgan fingerprint density at radius 3 is 2.71 bits per heavy atom. The zero-order valence-corrected chi connectivity index (χ0v) is 15.7. The van der Waals surface area contributed by atoms with Gasteiger partial charge in [0.25, 0.3) is 0 Å². The highest BCUT2D eigenvalue weighted by Crippen LogP contribution is 2.26. The van der Waals surface area contributed by atoms with Crippen molar-refractivity contribution in [3.63, 3.8) is 0 Å². The zero-order valence-electron chi connectivity index (χ0n) is 14.9. The van der Waals surface area contributed by atoms with Crippen LogP contribution in [0.1, 0.15) is 0 Å². The Hall–Kier alpha value is -2.62. The molecule has 3 atom stereocenters. The number of hydrogen-bond acceptors (Lipinski definition) is 6. The van der Waals surface area contributed by atoms with Gasteiger partial charge in [-0.15, -0.1) is 11.8 Å². The average molecular weight is 401 g/mol. The van der Waals surface area contributed by atoms with E-state index in [1.54, 1.807) is 12.1 Å². The molecule has 3 unspecified atom stereocenters. The molecule has 4 rings (SSSR count). The number of hydrazine groups is 1. The fraction of sp³-hybridized carbons (Fsp3) is 0.263. The molecule has 0 bridgehead atoms. The molecule has 0 spiro atoms.